The Bertz CT molecular complexity index is 1220. The molecule has 1 atom stereocenters. The molecule has 1 saturated heterocycles. The van der Waals surface area contributed by atoms with Gasteiger partial charge in [-0.05, 0) is 44.0 Å². The van der Waals surface area contributed by atoms with E-state index in [1.165, 1.54) is 11.1 Å². The molecule has 4 aromatic rings. The zero-order chi connectivity index (χ0) is 20.2. The fourth-order valence-electron chi connectivity index (χ4n) is 4.26. The zero-order valence-corrected chi connectivity index (χ0v) is 16.8. The SMILES string of the molecule is Cc1cccc([C@@]2(C)CCN2C(=O)c2cc3ccc(-c4cn[nH]c4)nc3n2C)c1. The Morgan fingerprint density at radius 3 is 2.76 bits per heavy atom. The lowest BCUT2D eigenvalue weighted by atomic mass is 9.79. The van der Waals surface area contributed by atoms with Crippen LogP contribution >= 0.6 is 0 Å². The van der Waals surface area contributed by atoms with E-state index >= 15 is 0 Å². The van der Waals surface area contributed by atoms with Gasteiger partial charge in [0.15, 0.2) is 0 Å². The summed E-state index contributed by atoms with van der Waals surface area (Å²) in [6.45, 7) is 5.00. The van der Waals surface area contributed by atoms with Crippen LogP contribution in [0, 0.1) is 6.92 Å². The summed E-state index contributed by atoms with van der Waals surface area (Å²) >= 11 is 0. The second-order valence-corrected chi connectivity index (χ2v) is 8.04. The maximum absolute atomic E-state index is 13.5. The third kappa shape index (κ3) is 2.67. The van der Waals surface area contributed by atoms with Gasteiger partial charge in [0.2, 0.25) is 0 Å². The molecule has 6 nitrogen and oxygen atoms in total. The second-order valence-electron chi connectivity index (χ2n) is 8.04. The topological polar surface area (TPSA) is 66.8 Å². The van der Waals surface area contributed by atoms with Crippen LogP contribution in [0.2, 0.25) is 0 Å². The Hall–Kier alpha value is -3.41. The van der Waals surface area contributed by atoms with Crippen molar-refractivity contribution in [1.29, 1.82) is 0 Å². The third-order valence-electron chi connectivity index (χ3n) is 6.19. The first-order chi connectivity index (χ1) is 14.0. The molecule has 0 spiro atoms. The number of amides is 1. The van der Waals surface area contributed by atoms with Gasteiger partial charge >= 0.3 is 0 Å². The Balaban J connectivity index is 1.52. The first-order valence-corrected chi connectivity index (χ1v) is 9.82. The molecule has 1 fully saturated rings. The van der Waals surface area contributed by atoms with Gasteiger partial charge in [0.1, 0.15) is 11.3 Å². The van der Waals surface area contributed by atoms with Crippen LogP contribution in [0.15, 0.2) is 54.9 Å². The number of hydrogen-bond donors (Lipinski definition) is 1. The standard InChI is InChI=1S/C23H23N5O/c1-15-5-4-6-18(11-15)23(2)9-10-28(23)22(29)20-12-16-7-8-19(17-13-24-25-14-17)26-21(16)27(20)3/h4-8,11-14H,9-10H2,1-3H3,(H,24,25)/t23-/m1/s1. The number of H-pyrrole nitrogens is 1. The van der Waals surface area contributed by atoms with Gasteiger partial charge in [-0.15, -0.1) is 0 Å². The van der Waals surface area contributed by atoms with E-state index in [4.69, 9.17) is 4.98 Å². The number of pyridine rings is 1. The number of aromatic amines is 1. The Morgan fingerprint density at radius 2 is 2.07 bits per heavy atom. The Kier molecular flexibility index (Phi) is 3.84. The highest BCUT2D eigenvalue weighted by Gasteiger charge is 2.45. The van der Waals surface area contributed by atoms with Gasteiger partial charge in [-0.25, -0.2) is 4.98 Å². The van der Waals surface area contributed by atoms with Crippen molar-refractivity contribution in [2.45, 2.75) is 25.8 Å². The fraction of sp³-hybridized carbons (Fsp3) is 0.261. The minimum atomic E-state index is -0.269. The molecule has 3 aromatic heterocycles. The molecule has 1 aliphatic rings. The molecule has 4 heterocycles. The Labute approximate surface area is 169 Å². The number of rotatable bonds is 3. The summed E-state index contributed by atoms with van der Waals surface area (Å²) in [6.07, 6.45) is 4.53. The molecule has 0 radical (unpaired) electrons. The molecule has 1 aromatic carbocycles. The van der Waals surface area contributed by atoms with E-state index < -0.39 is 0 Å². The van der Waals surface area contributed by atoms with Crippen LogP contribution in [-0.2, 0) is 12.6 Å². The van der Waals surface area contributed by atoms with Crippen molar-refractivity contribution in [3.63, 3.8) is 0 Å². The number of likely N-dealkylation sites (tertiary alicyclic amines) is 1. The second kappa shape index (κ2) is 6.30. The smallest absolute Gasteiger partial charge is 0.271 e. The van der Waals surface area contributed by atoms with Crippen molar-refractivity contribution in [3.8, 4) is 11.3 Å². The first kappa shape index (κ1) is 17.7. The zero-order valence-electron chi connectivity index (χ0n) is 16.8. The number of fused-ring (bicyclic) bond motifs is 1. The van der Waals surface area contributed by atoms with Crippen molar-refractivity contribution in [2.75, 3.05) is 6.54 Å². The summed E-state index contributed by atoms with van der Waals surface area (Å²) in [5.41, 5.74) is 5.35. The lowest BCUT2D eigenvalue weighted by Gasteiger charge is -2.51. The normalized spacial score (nSPS) is 18.8. The van der Waals surface area contributed by atoms with E-state index in [-0.39, 0.29) is 11.4 Å². The van der Waals surface area contributed by atoms with Crippen LogP contribution in [0.25, 0.3) is 22.3 Å². The fourth-order valence-corrected chi connectivity index (χ4v) is 4.26. The highest BCUT2D eigenvalue weighted by molar-refractivity contribution is 5.99. The largest absolute Gasteiger partial charge is 0.328 e. The molecule has 6 heteroatoms. The number of nitrogens with one attached hydrogen (secondary N) is 1. The molecule has 1 aliphatic heterocycles. The number of nitrogens with zero attached hydrogens (tertiary/aromatic N) is 4. The van der Waals surface area contributed by atoms with E-state index in [0.717, 1.165) is 35.3 Å². The summed E-state index contributed by atoms with van der Waals surface area (Å²) in [4.78, 5) is 20.2. The highest BCUT2D eigenvalue weighted by Crippen LogP contribution is 2.41. The van der Waals surface area contributed by atoms with Gasteiger partial charge in [-0.3, -0.25) is 9.89 Å². The quantitative estimate of drug-likeness (QED) is 0.579. The molecule has 29 heavy (non-hydrogen) atoms. The lowest BCUT2D eigenvalue weighted by molar-refractivity contribution is 0.00343. The van der Waals surface area contributed by atoms with Gasteiger partial charge in [-0.2, -0.15) is 5.10 Å². The van der Waals surface area contributed by atoms with E-state index in [2.05, 4.69) is 48.3 Å². The molecular formula is C23H23N5O. The molecule has 146 valence electrons. The summed E-state index contributed by atoms with van der Waals surface area (Å²) in [5, 5.41) is 7.77. The maximum atomic E-state index is 13.5. The molecular weight excluding hydrogens is 362 g/mol. The average Bonchev–Trinajstić information content (AvgIpc) is 3.35. The number of carbonyl (C=O) groups excluding carboxylic acids is 1. The number of hydrogen-bond acceptors (Lipinski definition) is 3. The van der Waals surface area contributed by atoms with E-state index in [1.807, 2.05) is 40.9 Å². The van der Waals surface area contributed by atoms with Crippen LogP contribution in [0.5, 0.6) is 0 Å². The molecule has 0 unspecified atom stereocenters. The van der Waals surface area contributed by atoms with E-state index in [1.54, 1.807) is 6.20 Å². The van der Waals surface area contributed by atoms with Crippen molar-refractivity contribution >= 4 is 16.9 Å². The van der Waals surface area contributed by atoms with Gasteiger partial charge in [-0.1, -0.05) is 29.8 Å². The van der Waals surface area contributed by atoms with Gasteiger partial charge < -0.3 is 9.47 Å². The summed E-state index contributed by atoms with van der Waals surface area (Å²) < 4.78 is 1.90. The molecule has 0 bridgehead atoms. The molecule has 0 saturated carbocycles. The van der Waals surface area contributed by atoms with Crippen molar-refractivity contribution in [3.05, 3.63) is 71.7 Å². The average molecular weight is 385 g/mol. The van der Waals surface area contributed by atoms with Crippen molar-refractivity contribution in [1.82, 2.24) is 24.6 Å². The summed E-state index contributed by atoms with van der Waals surface area (Å²) in [6, 6.07) is 14.4. The van der Waals surface area contributed by atoms with Gasteiger partial charge in [0, 0.05) is 30.7 Å². The summed E-state index contributed by atoms with van der Waals surface area (Å²) in [5.74, 6) is 0.0469. The highest BCUT2D eigenvalue weighted by atomic mass is 16.2. The number of aryl methyl sites for hydroxylation is 2. The van der Waals surface area contributed by atoms with Crippen LogP contribution in [-0.4, -0.2) is 37.1 Å². The molecule has 1 N–H and O–H groups in total. The molecule has 5 rings (SSSR count). The maximum Gasteiger partial charge on any atom is 0.271 e. The minimum absolute atomic E-state index is 0.0469. The van der Waals surface area contributed by atoms with Crippen molar-refractivity contribution in [2.24, 2.45) is 7.05 Å². The third-order valence-corrected chi connectivity index (χ3v) is 6.19. The minimum Gasteiger partial charge on any atom is -0.328 e. The first-order valence-electron chi connectivity index (χ1n) is 9.82. The predicted molar refractivity (Wildman–Crippen MR) is 112 cm³/mol. The number of carbonyl (C=O) groups is 1. The monoisotopic (exact) mass is 385 g/mol. The summed E-state index contributed by atoms with van der Waals surface area (Å²) in [7, 11) is 1.91. The lowest BCUT2D eigenvalue weighted by Crippen LogP contribution is -2.58. The predicted octanol–water partition coefficient (Wildman–Crippen LogP) is 4.03. The number of aromatic nitrogens is 4. The Morgan fingerprint density at radius 1 is 1.21 bits per heavy atom. The van der Waals surface area contributed by atoms with Crippen LogP contribution < -0.4 is 0 Å². The molecule has 1 amide bonds. The van der Waals surface area contributed by atoms with Crippen LogP contribution in [0.1, 0.15) is 35.0 Å². The van der Waals surface area contributed by atoms with E-state index in [0.29, 0.717) is 5.69 Å². The van der Waals surface area contributed by atoms with Gasteiger partial charge in [0.25, 0.3) is 5.91 Å². The molecule has 0 aliphatic carbocycles. The number of benzene rings is 1. The van der Waals surface area contributed by atoms with Crippen LogP contribution in [0.4, 0.5) is 0 Å². The van der Waals surface area contributed by atoms with E-state index in [9.17, 15) is 4.79 Å². The van der Waals surface area contributed by atoms with Crippen LogP contribution in [0.3, 0.4) is 0 Å². The van der Waals surface area contributed by atoms with Crippen molar-refractivity contribution < 1.29 is 4.79 Å². The van der Waals surface area contributed by atoms with Gasteiger partial charge in [0.05, 0.1) is 17.4 Å².